The molecule has 0 amide bonds. The summed E-state index contributed by atoms with van der Waals surface area (Å²) in [6.45, 7) is 12.1. The Morgan fingerprint density at radius 2 is 1.48 bits per heavy atom. The number of phenolic OH excluding ortho intramolecular Hbond substituents is 1. The highest BCUT2D eigenvalue weighted by Gasteiger charge is 2.08. The van der Waals surface area contributed by atoms with E-state index in [2.05, 4.69) is 32.9 Å². The van der Waals surface area contributed by atoms with Gasteiger partial charge < -0.3 is 9.84 Å². The molecule has 0 fully saturated rings. The van der Waals surface area contributed by atoms with Gasteiger partial charge >= 0.3 is 0 Å². The number of hydrogen-bond acceptors (Lipinski definition) is 2. The topological polar surface area (TPSA) is 29.5 Å². The third-order valence-corrected chi connectivity index (χ3v) is 3.32. The Hall–Kier alpha value is -1.96. The van der Waals surface area contributed by atoms with E-state index in [1.54, 1.807) is 12.1 Å². The maximum atomic E-state index is 9.53. The molecule has 114 valence electrons. The maximum absolute atomic E-state index is 9.53. The smallest absolute Gasteiger partial charge is 0.133 e. The fourth-order valence-electron chi connectivity index (χ4n) is 2.21. The molecule has 2 rings (SSSR count). The minimum absolute atomic E-state index is 0.294. The Morgan fingerprint density at radius 3 is 1.95 bits per heavy atom. The molecule has 1 N–H and O–H groups in total. The summed E-state index contributed by atoms with van der Waals surface area (Å²) in [5, 5.41) is 9.53. The van der Waals surface area contributed by atoms with E-state index in [1.165, 1.54) is 5.56 Å². The normalized spacial score (nSPS) is 9.81. The molecule has 0 radical (unpaired) electrons. The molecule has 2 heteroatoms. The Kier molecular flexibility index (Phi) is 6.29. The second-order valence-corrected chi connectivity index (χ2v) is 4.96. The van der Waals surface area contributed by atoms with E-state index in [4.69, 9.17) is 4.74 Å². The fraction of sp³-hybridized carbons (Fsp3) is 0.368. The van der Waals surface area contributed by atoms with Gasteiger partial charge in [0, 0.05) is 0 Å². The SMILES string of the molecule is CC.CCc1cc(C)c(Oc2ccc(O)c(C)c2)c(C)c1. The van der Waals surface area contributed by atoms with E-state index in [1.807, 2.05) is 26.8 Å². The van der Waals surface area contributed by atoms with Crippen LogP contribution in [0.15, 0.2) is 30.3 Å². The number of aryl methyl sites for hydroxylation is 4. The van der Waals surface area contributed by atoms with E-state index in [0.717, 1.165) is 34.6 Å². The number of ether oxygens (including phenoxy) is 1. The predicted molar refractivity (Wildman–Crippen MR) is 89.6 cm³/mol. The summed E-state index contributed by atoms with van der Waals surface area (Å²) in [5.74, 6) is 1.95. The van der Waals surface area contributed by atoms with Crippen molar-refractivity contribution in [2.45, 2.75) is 48.0 Å². The Balaban J connectivity index is 0.00000106. The molecular weight excluding hydrogens is 260 g/mol. The molecule has 2 nitrogen and oxygen atoms in total. The summed E-state index contributed by atoms with van der Waals surface area (Å²) in [7, 11) is 0. The van der Waals surface area contributed by atoms with E-state index < -0.39 is 0 Å². The first-order valence-corrected chi connectivity index (χ1v) is 7.59. The summed E-state index contributed by atoms with van der Waals surface area (Å²) >= 11 is 0. The fourth-order valence-corrected chi connectivity index (χ4v) is 2.21. The molecule has 0 saturated heterocycles. The van der Waals surface area contributed by atoms with Crippen LogP contribution in [-0.4, -0.2) is 5.11 Å². The lowest BCUT2D eigenvalue weighted by molar-refractivity contribution is 0.458. The molecule has 2 aromatic carbocycles. The molecular formula is C19H26O2. The van der Waals surface area contributed by atoms with Gasteiger partial charge in [-0.1, -0.05) is 32.9 Å². The lowest BCUT2D eigenvalue weighted by atomic mass is 10.0. The van der Waals surface area contributed by atoms with Crippen LogP contribution >= 0.6 is 0 Å². The monoisotopic (exact) mass is 286 g/mol. The minimum atomic E-state index is 0.294. The molecule has 21 heavy (non-hydrogen) atoms. The average Bonchev–Trinajstić information content (AvgIpc) is 2.48. The number of phenols is 1. The van der Waals surface area contributed by atoms with E-state index in [-0.39, 0.29) is 0 Å². The van der Waals surface area contributed by atoms with Crippen molar-refractivity contribution >= 4 is 0 Å². The molecule has 0 heterocycles. The molecule has 0 bridgehead atoms. The Bertz CT molecular complexity index is 578. The van der Waals surface area contributed by atoms with Gasteiger partial charge in [-0.3, -0.25) is 0 Å². The zero-order valence-corrected chi connectivity index (χ0v) is 13.9. The third kappa shape index (κ3) is 4.25. The highest BCUT2D eigenvalue weighted by Crippen LogP contribution is 2.31. The Morgan fingerprint density at radius 1 is 0.905 bits per heavy atom. The van der Waals surface area contributed by atoms with Crippen molar-refractivity contribution in [3.63, 3.8) is 0 Å². The quantitative estimate of drug-likeness (QED) is 0.784. The van der Waals surface area contributed by atoms with E-state index in [9.17, 15) is 5.11 Å². The van der Waals surface area contributed by atoms with Crippen LogP contribution in [0.1, 0.15) is 43.0 Å². The van der Waals surface area contributed by atoms with Crippen LogP contribution < -0.4 is 4.74 Å². The van der Waals surface area contributed by atoms with Crippen molar-refractivity contribution in [2.24, 2.45) is 0 Å². The zero-order valence-electron chi connectivity index (χ0n) is 13.9. The molecule has 0 saturated carbocycles. The Labute approximate surface area is 128 Å². The number of aromatic hydroxyl groups is 1. The van der Waals surface area contributed by atoms with Crippen LogP contribution in [0.25, 0.3) is 0 Å². The number of hydrogen-bond donors (Lipinski definition) is 1. The van der Waals surface area contributed by atoms with Crippen molar-refractivity contribution < 1.29 is 9.84 Å². The van der Waals surface area contributed by atoms with Crippen LogP contribution in [0.2, 0.25) is 0 Å². The van der Waals surface area contributed by atoms with Gasteiger partial charge in [-0.15, -0.1) is 0 Å². The van der Waals surface area contributed by atoms with Crippen LogP contribution in [0.3, 0.4) is 0 Å². The lowest BCUT2D eigenvalue weighted by Gasteiger charge is -2.14. The standard InChI is InChI=1S/C17H20O2.C2H6/c1-5-14-8-12(3)17(13(4)9-14)19-15-6-7-16(18)11(2)10-15;1-2/h6-10,18H,5H2,1-4H3;1-2H3. The zero-order chi connectivity index (χ0) is 16.0. The summed E-state index contributed by atoms with van der Waals surface area (Å²) < 4.78 is 5.96. The number of benzene rings is 2. The van der Waals surface area contributed by atoms with Crippen LogP contribution in [-0.2, 0) is 6.42 Å². The third-order valence-electron chi connectivity index (χ3n) is 3.32. The first-order chi connectivity index (χ1) is 10.0. The van der Waals surface area contributed by atoms with Crippen molar-refractivity contribution in [3.05, 3.63) is 52.6 Å². The molecule has 0 spiro atoms. The molecule has 0 atom stereocenters. The predicted octanol–water partition coefficient (Wildman–Crippen LogP) is 5.70. The van der Waals surface area contributed by atoms with Crippen LogP contribution in [0, 0.1) is 20.8 Å². The number of rotatable bonds is 3. The van der Waals surface area contributed by atoms with Gasteiger partial charge in [0.2, 0.25) is 0 Å². The highest BCUT2D eigenvalue weighted by molar-refractivity contribution is 5.47. The molecule has 0 aliphatic heterocycles. The summed E-state index contributed by atoms with van der Waals surface area (Å²) in [4.78, 5) is 0. The van der Waals surface area contributed by atoms with Crippen molar-refractivity contribution in [3.8, 4) is 17.2 Å². The van der Waals surface area contributed by atoms with E-state index >= 15 is 0 Å². The van der Waals surface area contributed by atoms with Gasteiger partial charge in [0.25, 0.3) is 0 Å². The second kappa shape index (κ2) is 7.72. The van der Waals surface area contributed by atoms with Gasteiger partial charge in [0.1, 0.15) is 17.2 Å². The first-order valence-electron chi connectivity index (χ1n) is 7.59. The summed E-state index contributed by atoms with van der Waals surface area (Å²) in [6.07, 6.45) is 1.03. The second-order valence-electron chi connectivity index (χ2n) is 4.96. The van der Waals surface area contributed by atoms with Gasteiger partial charge in [0.05, 0.1) is 0 Å². The highest BCUT2D eigenvalue weighted by atomic mass is 16.5. The van der Waals surface area contributed by atoms with Gasteiger partial charge in [-0.2, -0.15) is 0 Å². The van der Waals surface area contributed by atoms with Gasteiger partial charge in [-0.25, -0.2) is 0 Å². The van der Waals surface area contributed by atoms with E-state index in [0.29, 0.717) is 5.75 Å². The molecule has 0 aliphatic carbocycles. The minimum Gasteiger partial charge on any atom is -0.508 e. The first kappa shape index (κ1) is 17.1. The van der Waals surface area contributed by atoms with Crippen LogP contribution in [0.5, 0.6) is 17.2 Å². The van der Waals surface area contributed by atoms with Crippen molar-refractivity contribution in [2.75, 3.05) is 0 Å². The lowest BCUT2D eigenvalue weighted by Crippen LogP contribution is -1.94. The van der Waals surface area contributed by atoms with Crippen molar-refractivity contribution in [1.29, 1.82) is 0 Å². The van der Waals surface area contributed by atoms with Gasteiger partial charge in [-0.05, 0) is 67.6 Å². The summed E-state index contributed by atoms with van der Waals surface area (Å²) in [5.41, 5.74) is 4.42. The largest absolute Gasteiger partial charge is 0.508 e. The molecule has 0 aliphatic rings. The molecule has 2 aromatic rings. The molecule has 0 aromatic heterocycles. The summed E-state index contributed by atoms with van der Waals surface area (Å²) in [6, 6.07) is 9.62. The average molecular weight is 286 g/mol. The van der Waals surface area contributed by atoms with Crippen molar-refractivity contribution in [1.82, 2.24) is 0 Å². The maximum Gasteiger partial charge on any atom is 0.133 e. The van der Waals surface area contributed by atoms with Gasteiger partial charge in [0.15, 0.2) is 0 Å². The molecule has 0 unspecified atom stereocenters. The van der Waals surface area contributed by atoms with Crippen LogP contribution in [0.4, 0.5) is 0 Å².